The number of amides is 3. The number of para-hydroxylation sites is 1. The van der Waals surface area contributed by atoms with Crippen LogP contribution in [0.1, 0.15) is 17.3 Å². The summed E-state index contributed by atoms with van der Waals surface area (Å²) in [5.74, 6) is -0.779. The molecule has 0 radical (unpaired) electrons. The first-order valence-corrected chi connectivity index (χ1v) is 4.52. The second-order valence-electron chi connectivity index (χ2n) is 2.83. The number of carbonyl (C=O) groups excluding carboxylic acids is 2. The quantitative estimate of drug-likeness (QED) is 0.674. The molecule has 0 aliphatic carbocycles. The SMILES string of the molecule is CCNC(=O)NC(=O)c1ccccc1O. The van der Waals surface area contributed by atoms with Gasteiger partial charge in [0, 0.05) is 6.54 Å². The highest BCUT2D eigenvalue weighted by Gasteiger charge is 2.12. The van der Waals surface area contributed by atoms with Crippen molar-refractivity contribution >= 4 is 11.9 Å². The number of phenolic OH excluding ortho intramolecular Hbond substituents is 1. The van der Waals surface area contributed by atoms with E-state index in [1.807, 2.05) is 0 Å². The van der Waals surface area contributed by atoms with Crippen molar-refractivity contribution in [3.63, 3.8) is 0 Å². The van der Waals surface area contributed by atoms with Gasteiger partial charge in [0.05, 0.1) is 5.56 Å². The highest BCUT2D eigenvalue weighted by atomic mass is 16.3. The predicted octanol–water partition coefficient (Wildman–Crippen LogP) is 0.851. The molecule has 1 aromatic carbocycles. The Hall–Kier alpha value is -2.04. The summed E-state index contributed by atoms with van der Waals surface area (Å²) < 4.78 is 0. The smallest absolute Gasteiger partial charge is 0.321 e. The van der Waals surface area contributed by atoms with Crippen LogP contribution < -0.4 is 10.6 Å². The van der Waals surface area contributed by atoms with Crippen LogP contribution in [0, 0.1) is 0 Å². The lowest BCUT2D eigenvalue weighted by Gasteiger charge is -2.05. The molecule has 0 spiro atoms. The third-order valence-electron chi connectivity index (χ3n) is 1.71. The van der Waals surface area contributed by atoms with Crippen LogP contribution in [0.3, 0.4) is 0 Å². The van der Waals surface area contributed by atoms with Gasteiger partial charge in [-0.25, -0.2) is 4.79 Å². The summed E-state index contributed by atoms with van der Waals surface area (Å²) in [4.78, 5) is 22.4. The van der Waals surface area contributed by atoms with Gasteiger partial charge >= 0.3 is 6.03 Å². The Morgan fingerprint density at radius 2 is 2.00 bits per heavy atom. The van der Waals surface area contributed by atoms with Crippen molar-refractivity contribution in [2.75, 3.05) is 6.54 Å². The molecule has 0 saturated heterocycles. The van der Waals surface area contributed by atoms with E-state index >= 15 is 0 Å². The minimum Gasteiger partial charge on any atom is -0.507 e. The van der Waals surface area contributed by atoms with Crippen LogP contribution in [0.5, 0.6) is 5.75 Å². The molecule has 5 nitrogen and oxygen atoms in total. The lowest BCUT2D eigenvalue weighted by Crippen LogP contribution is -2.39. The molecular weight excluding hydrogens is 196 g/mol. The van der Waals surface area contributed by atoms with Gasteiger partial charge < -0.3 is 10.4 Å². The third-order valence-corrected chi connectivity index (χ3v) is 1.71. The fourth-order valence-electron chi connectivity index (χ4n) is 1.04. The van der Waals surface area contributed by atoms with E-state index < -0.39 is 11.9 Å². The van der Waals surface area contributed by atoms with Gasteiger partial charge in [-0.15, -0.1) is 0 Å². The zero-order valence-corrected chi connectivity index (χ0v) is 8.28. The van der Waals surface area contributed by atoms with E-state index in [4.69, 9.17) is 0 Å². The zero-order valence-electron chi connectivity index (χ0n) is 8.28. The number of hydrogen-bond donors (Lipinski definition) is 3. The van der Waals surface area contributed by atoms with Crippen LogP contribution in [0.25, 0.3) is 0 Å². The molecule has 0 unspecified atom stereocenters. The van der Waals surface area contributed by atoms with Gasteiger partial charge in [0.2, 0.25) is 0 Å². The number of phenols is 1. The highest BCUT2D eigenvalue weighted by molar-refractivity contribution is 6.05. The summed E-state index contributed by atoms with van der Waals surface area (Å²) in [5.41, 5.74) is 0.0729. The Kier molecular flexibility index (Phi) is 3.68. The van der Waals surface area contributed by atoms with Crippen LogP contribution in [-0.4, -0.2) is 23.6 Å². The fourth-order valence-corrected chi connectivity index (χ4v) is 1.04. The molecule has 0 heterocycles. The minimum atomic E-state index is -0.626. The number of urea groups is 1. The summed E-state index contributed by atoms with van der Waals surface area (Å²) in [5, 5.41) is 13.8. The monoisotopic (exact) mass is 208 g/mol. The fraction of sp³-hybridized carbons (Fsp3) is 0.200. The van der Waals surface area contributed by atoms with Gasteiger partial charge in [0.25, 0.3) is 5.91 Å². The number of imide groups is 1. The summed E-state index contributed by atoms with van der Waals surface area (Å²) in [6.07, 6.45) is 0. The molecule has 0 aliphatic heterocycles. The van der Waals surface area contributed by atoms with Crippen molar-refractivity contribution in [3.8, 4) is 5.75 Å². The summed E-state index contributed by atoms with van der Waals surface area (Å²) >= 11 is 0. The molecule has 5 heteroatoms. The molecule has 0 atom stereocenters. The van der Waals surface area contributed by atoms with Gasteiger partial charge in [0.15, 0.2) is 0 Å². The summed E-state index contributed by atoms with van der Waals surface area (Å²) in [6.45, 7) is 2.17. The maximum atomic E-state index is 11.4. The second-order valence-corrected chi connectivity index (χ2v) is 2.83. The van der Waals surface area contributed by atoms with Crippen molar-refractivity contribution in [1.82, 2.24) is 10.6 Å². The third kappa shape index (κ3) is 2.98. The topological polar surface area (TPSA) is 78.4 Å². The molecule has 0 aliphatic rings. The van der Waals surface area contributed by atoms with Gasteiger partial charge in [-0.05, 0) is 19.1 Å². The second kappa shape index (κ2) is 4.99. The van der Waals surface area contributed by atoms with E-state index in [1.165, 1.54) is 12.1 Å². The van der Waals surface area contributed by atoms with Crippen LogP contribution >= 0.6 is 0 Å². The molecule has 0 bridgehead atoms. The van der Waals surface area contributed by atoms with Crippen LogP contribution in [0.2, 0.25) is 0 Å². The Balaban J connectivity index is 2.70. The van der Waals surface area contributed by atoms with E-state index in [1.54, 1.807) is 19.1 Å². The maximum Gasteiger partial charge on any atom is 0.321 e. The van der Waals surface area contributed by atoms with E-state index in [-0.39, 0.29) is 11.3 Å². The van der Waals surface area contributed by atoms with Crippen molar-refractivity contribution in [3.05, 3.63) is 29.8 Å². The standard InChI is InChI=1S/C10H12N2O3/c1-2-11-10(15)12-9(14)7-5-3-4-6-8(7)13/h3-6,13H,2H2,1H3,(H2,11,12,14,15). The van der Waals surface area contributed by atoms with E-state index in [2.05, 4.69) is 10.6 Å². The molecule has 80 valence electrons. The molecule has 15 heavy (non-hydrogen) atoms. The van der Waals surface area contributed by atoms with Crippen LogP contribution in [-0.2, 0) is 0 Å². The average molecular weight is 208 g/mol. The predicted molar refractivity (Wildman–Crippen MR) is 54.6 cm³/mol. The van der Waals surface area contributed by atoms with E-state index in [0.717, 1.165) is 0 Å². The maximum absolute atomic E-state index is 11.4. The van der Waals surface area contributed by atoms with Crippen molar-refractivity contribution in [1.29, 1.82) is 0 Å². The minimum absolute atomic E-state index is 0.0729. The largest absolute Gasteiger partial charge is 0.507 e. The lowest BCUT2D eigenvalue weighted by atomic mass is 10.2. The number of nitrogens with one attached hydrogen (secondary N) is 2. The normalized spacial score (nSPS) is 9.40. The van der Waals surface area contributed by atoms with Crippen molar-refractivity contribution in [2.24, 2.45) is 0 Å². The van der Waals surface area contributed by atoms with Gasteiger partial charge in [-0.2, -0.15) is 0 Å². The van der Waals surface area contributed by atoms with Crippen molar-refractivity contribution in [2.45, 2.75) is 6.92 Å². The van der Waals surface area contributed by atoms with Gasteiger partial charge in [-0.1, -0.05) is 12.1 Å². The molecule has 3 N–H and O–H groups in total. The number of benzene rings is 1. The average Bonchev–Trinajstić information content (AvgIpc) is 2.18. The van der Waals surface area contributed by atoms with Crippen molar-refractivity contribution < 1.29 is 14.7 Å². The van der Waals surface area contributed by atoms with E-state index in [0.29, 0.717) is 6.54 Å². The molecular formula is C10H12N2O3. The summed E-state index contributed by atoms with van der Waals surface area (Å²) in [6, 6.07) is 5.44. The first-order chi connectivity index (χ1) is 7.15. The molecule has 3 amide bonds. The highest BCUT2D eigenvalue weighted by Crippen LogP contribution is 2.14. The van der Waals surface area contributed by atoms with Gasteiger partial charge in [-0.3, -0.25) is 10.1 Å². The zero-order chi connectivity index (χ0) is 11.3. The molecule has 1 aromatic rings. The number of hydrogen-bond acceptors (Lipinski definition) is 3. The molecule has 0 aromatic heterocycles. The molecule has 1 rings (SSSR count). The van der Waals surface area contributed by atoms with E-state index in [9.17, 15) is 14.7 Å². The first-order valence-electron chi connectivity index (χ1n) is 4.52. The van der Waals surface area contributed by atoms with Crippen LogP contribution in [0.15, 0.2) is 24.3 Å². The number of carbonyl (C=O) groups is 2. The van der Waals surface area contributed by atoms with Crippen LogP contribution in [0.4, 0.5) is 4.79 Å². The Morgan fingerprint density at radius 3 is 2.60 bits per heavy atom. The number of rotatable bonds is 2. The first kappa shape index (κ1) is 11.0. The number of aromatic hydroxyl groups is 1. The Bertz CT molecular complexity index is 377. The van der Waals surface area contributed by atoms with Gasteiger partial charge in [0.1, 0.15) is 5.75 Å². The molecule has 0 saturated carbocycles. The summed E-state index contributed by atoms with van der Waals surface area (Å²) in [7, 11) is 0. The molecule has 0 fully saturated rings. The Morgan fingerprint density at radius 1 is 1.33 bits per heavy atom. The Labute approximate surface area is 87.1 Å². The lowest BCUT2D eigenvalue weighted by molar-refractivity contribution is 0.0961.